The van der Waals surface area contributed by atoms with E-state index in [-0.39, 0.29) is 12.1 Å². The second-order valence-corrected chi connectivity index (χ2v) is 2.96. The van der Waals surface area contributed by atoms with Crippen LogP contribution in [-0.4, -0.2) is 23.9 Å². The van der Waals surface area contributed by atoms with E-state index in [1.54, 1.807) is 13.0 Å². The first kappa shape index (κ1) is 11.2. The van der Waals surface area contributed by atoms with Crippen LogP contribution in [0.3, 0.4) is 0 Å². The van der Waals surface area contributed by atoms with E-state index in [0.29, 0.717) is 6.54 Å². The highest BCUT2D eigenvalue weighted by atomic mass is 19.1. The average molecular weight is 206 g/mol. The van der Waals surface area contributed by atoms with Gasteiger partial charge in [-0.2, -0.15) is 5.26 Å². The molecular weight excluding hydrogens is 195 g/mol. The molecule has 0 aliphatic heterocycles. The number of nitriles is 1. The third kappa shape index (κ3) is 2.53. The highest BCUT2D eigenvalue weighted by molar-refractivity contribution is 5.94. The van der Waals surface area contributed by atoms with Gasteiger partial charge in [-0.05, 0) is 19.1 Å². The molecule has 0 saturated carbocycles. The first-order chi connectivity index (χ1) is 7.20. The van der Waals surface area contributed by atoms with Crippen molar-refractivity contribution in [2.45, 2.75) is 6.92 Å². The number of carbonyl (C=O) groups is 1. The molecule has 0 heterocycles. The molecule has 0 N–H and O–H groups in total. The number of carbonyl (C=O) groups excluding carboxylic acids is 1. The van der Waals surface area contributed by atoms with Crippen molar-refractivity contribution in [3.63, 3.8) is 0 Å². The van der Waals surface area contributed by atoms with E-state index in [4.69, 9.17) is 5.26 Å². The maximum atomic E-state index is 13.2. The monoisotopic (exact) mass is 206 g/mol. The molecule has 0 atom stereocenters. The minimum atomic E-state index is -0.557. The van der Waals surface area contributed by atoms with Gasteiger partial charge in [0.25, 0.3) is 5.91 Å². The molecule has 15 heavy (non-hydrogen) atoms. The van der Waals surface area contributed by atoms with E-state index in [2.05, 4.69) is 0 Å². The van der Waals surface area contributed by atoms with Gasteiger partial charge in [0, 0.05) is 6.54 Å². The number of benzene rings is 1. The highest BCUT2D eigenvalue weighted by Crippen LogP contribution is 2.09. The van der Waals surface area contributed by atoms with Crippen molar-refractivity contribution in [1.29, 1.82) is 5.26 Å². The van der Waals surface area contributed by atoms with Gasteiger partial charge >= 0.3 is 0 Å². The Hall–Kier alpha value is -1.89. The van der Waals surface area contributed by atoms with Crippen LogP contribution in [-0.2, 0) is 0 Å². The average Bonchev–Trinajstić information content (AvgIpc) is 2.25. The molecule has 0 aromatic heterocycles. The third-order valence-corrected chi connectivity index (χ3v) is 2.03. The number of hydrogen-bond acceptors (Lipinski definition) is 2. The zero-order chi connectivity index (χ0) is 11.3. The van der Waals surface area contributed by atoms with Crippen LogP contribution in [0.15, 0.2) is 24.3 Å². The maximum Gasteiger partial charge on any atom is 0.257 e. The van der Waals surface area contributed by atoms with Crippen molar-refractivity contribution in [2.24, 2.45) is 0 Å². The van der Waals surface area contributed by atoms with Crippen LogP contribution in [0.4, 0.5) is 4.39 Å². The molecule has 4 heteroatoms. The Balaban J connectivity index is 2.94. The minimum Gasteiger partial charge on any atom is -0.326 e. The Morgan fingerprint density at radius 1 is 1.53 bits per heavy atom. The predicted octanol–water partition coefficient (Wildman–Crippen LogP) is 1.81. The van der Waals surface area contributed by atoms with Gasteiger partial charge in [0.2, 0.25) is 0 Å². The lowest BCUT2D eigenvalue weighted by atomic mass is 10.2. The molecule has 0 bridgehead atoms. The van der Waals surface area contributed by atoms with Crippen molar-refractivity contribution >= 4 is 5.91 Å². The van der Waals surface area contributed by atoms with E-state index in [0.717, 1.165) is 0 Å². The molecule has 0 saturated heterocycles. The Kier molecular flexibility index (Phi) is 3.81. The van der Waals surface area contributed by atoms with Crippen LogP contribution < -0.4 is 0 Å². The first-order valence-corrected chi connectivity index (χ1v) is 4.61. The molecule has 1 amide bonds. The summed E-state index contributed by atoms with van der Waals surface area (Å²) in [6.45, 7) is 2.11. The summed E-state index contributed by atoms with van der Waals surface area (Å²) in [5, 5.41) is 8.50. The van der Waals surface area contributed by atoms with Gasteiger partial charge in [-0.3, -0.25) is 4.79 Å². The largest absolute Gasteiger partial charge is 0.326 e. The van der Waals surface area contributed by atoms with Crippen molar-refractivity contribution < 1.29 is 9.18 Å². The Morgan fingerprint density at radius 3 is 2.73 bits per heavy atom. The number of nitrogens with zero attached hydrogens (tertiary/aromatic N) is 2. The normalized spacial score (nSPS) is 9.40. The van der Waals surface area contributed by atoms with Crippen molar-refractivity contribution in [1.82, 2.24) is 4.90 Å². The van der Waals surface area contributed by atoms with Gasteiger partial charge in [0.1, 0.15) is 12.4 Å². The SMILES string of the molecule is CCN(CC#N)C(=O)c1ccccc1F. The van der Waals surface area contributed by atoms with Gasteiger partial charge in [-0.1, -0.05) is 12.1 Å². The van der Waals surface area contributed by atoms with E-state index in [9.17, 15) is 9.18 Å². The number of halogens is 1. The zero-order valence-corrected chi connectivity index (χ0v) is 8.40. The fourth-order valence-electron chi connectivity index (χ4n) is 1.22. The van der Waals surface area contributed by atoms with Crippen molar-refractivity contribution in [2.75, 3.05) is 13.1 Å². The Labute approximate surface area is 87.7 Å². The maximum absolute atomic E-state index is 13.2. The molecule has 0 fully saturated rings. The molecule has 0 radical (unpaired) electrons. The zero-order valence-electron chi connectivity index (χ0n) is 8.40. The molecule has 1 aromatic carbocycles. The lowest BCUT2D eigenvalue weighted by molar-refractivity contribution is 0.0779. The lowest BCUT2D eigenvalue weighted by Crippen LogP contribution is -2.31. The minimum absolute atomic E-state index is 0.00889. The summed E-state index contributed by atoms with van der Waals surface area (Å²) in [5.41, 5.74) is 0.00889. The van der Waals surface area contributed by atoms with Crippen molar-refractivity contribution in [3.05, 3.63) is 35.6 Å². The van der Waals surface area contributed by atoms with Gasteiger partial charge in [-0.15, -0.1) is 0 Å². The summed E-state index contributed by atoms with van der Waals surface area (Å²) in [4.78, 5) is 13.0. The standard InChI is InChI=1S/C11H11FN2O/c1-2-14(8-7-13)11(15)9-5-3-4-6-10(9)12/h3-6H,2,8H2,1H3. The van der Waals surface area contributed by atoms with Gasteiger partial charge < -0.3 is 4.90 Å². The predicted molar refractivity (Wildman–Crippen MR) is 53.6 cm³/mol. The molecule has 0 aliphatic carbocycles. The fraction of sp³-hybridized carbons (Fsp3) is 0.273. The molecule has 3 nitrogen and oxygen atoms in total. The highest BCUT2D eigenvalue weighted by Gasteiger charge is 2.16. The van der Waals surface area contributed by atoms with Gasteiger partial charge in [0.15, 0.2) is 0 Å². The number of rotatable bonds is 3. The molecule has 1 aromatic rings. The second kappa shape index (κ2) is 5.11. The van der Waals surface area contributed by atoms with Crippen LogP contribution in [0, 0.1) is 17.1 Å². The van der Waals surface area contributed by atoms with Crippen LogP contribution >= 0.6 is 0 Å². The summed E-state index contributed by atoms with van der Waals surface area (Å²) >= 11 is 0. The van der Waals surface area contributed by atoms with Gasteiger partial charge in [-0.25, -0.2) is 4.39 Å². The summed E-state index contributed by atoms with van der Waals surface area (Å²) in [5.74, 6) is -1.00. The van der Waals surface area contributed by atoms with E-state index in [1.807, 2.05) is 6.07 Å². The summed E-state index contributed by atoms with van der Waals surface area (Å²) in [7, 11) is 0. The molecule has 1 rings (SSSR count). The van der Waals surface area contributed by atoms with Crippen LogP contribution in [0.1, 0.15) is 17.3 Å². The third-order valence-electron chi connectivity index (χ3n) is 2.03. The summed E-state index contributed by atoms with van der Waals surface area (Å²) in [6.07, 6.45) is 0. The molecular formula is C11H11FN2O. The number of amides is 1. The molecule has 0 spiro atoms. The lowest BCUT2D eigenvalue weighted by Gasteiger charge is -2.17. The molecule has 0 aliphatic rings. The van der Waals surface area contributed by atoms with E-state index < -0.39 is 11.7 Å². The van der Waals surface area contributed by atoms with Crippen LogP contribution in [0.25, 0.3) is 0 Å². The second-order valence-electron chi connectivity index (χ2n) is 2.96. The van der Waals surface area contributed by atoms with Crippen molar-refractivity contribution in [3.8, 4) is 6.07 Å². The molecule has 78 valence electrons. The smallest absolute Gasteiger partial charge is 0.257 e. The van der Waals surface area contributed by atoms with E-state index in [1.165, 1.54) is 23.1 Å². The summed E-state index contributed by atoms with van der Waals surface area (Å²) in [6, 6.07) is 7.63. The quantitative estimate of drug-likeness (QED) is 0.708. The Bertz CT molecular complexity index is 398. The number of hydrogen-bond donors (Lipinski definition) is 0. The van der Waals surface area contributed by atoms with Gasteiger partial charge in [0.05, 0.1) is 11.6 Å². The van der Waals surface area contributed by atoms with E-state index >= 15 is 0 Å². The summed E-state index contributed by atoms with van der Waals surface area (Å²) < 4.78 is 13.2. The van der Waals surface area contributed by atoms with Crippen LogP contribution in [0.2, 0.25) is 0 Å². The van der Waals surface area contributed by atoms with Crippen LogP contribution in [0.5, 0.6) is 0 Å². The molecule has 0 unspecified atom stereocenters. The fourth-order valence-corrected chi connectivity index (χ4v) is 1.22. The first-order valence-electron chi connectivity index (χ1n) is 4.61. The topological polar surface area (TPSA) is 44.1 Å². The Morgan fingerprint density at radius 2 is 2.20 bits per heavy atom.